The van der Waals surface area contributed by atoms with E-state index in [4.69, 9.17) is 14.2 Å². The number of aliphatic hydroxyl groups excluding tert-OH is 1. The maximum Gasteiger partial charge on any atom is 0.411 e. The zero-order valence-corrected chi connectivity index (χ0v) is 18.6. The molecule has 0 saturated carbocycles. The molecule has 2 fully saturated rings. The lowest BCUT2D eigenvalue weighted by Crippen LogP contribution is -2.45. The third-order valence-corrected chi connectivity index (χ3v) is 5.76. The van der Waals surface area contributed by atoms with Crippen LogP contribution in [0.2, 0.25) is 0 Å². The predicted molar refractivity (Wildman–Crippen MR) is 110 cm³/mol. The normalized spacial score (nSPS) is 25.8. The van der Waals surface area contributed by atoms with Crippen LogP contribution in [0.4, 0.5) is 4.79 Å². The fraction of sp³-hybridized carbons (Fsp3) is 0.591. The van der Waals surface area contributed by atoms with Crippen molar-refractivity contribution in [1.82, 2.24) is 9.80 Å². The van der Waals surface area contributed by atoms with Gasteiger partial charge in [-0.25, -0.2) is 9.59 Å². The first kappa shape index (κ1) is 22.9. The van der Waals surface area contributed by atoms with Crippen molar-refractivity contribution in [1.29, 1.82) is 0 Å². The van der Waals surface area contributed by atoms with Crippen molar-refractivity contribution in [3.05, 3.63) is 29.8 Å². The number of carbonyl (C=O) groups excluding carboxylic acids is 3. The monoisotopic (exact) mass is 434 g/mol. The van der Waals surface area contributed by atoms with Crippen molar-refractivity contribution in [3.63, 3.8) is 0 Å². The third kappa shape index (κ3) is 4.46. The Morgan fingerprint density at radius 1 is 1.19 bits per heavy atom. The van der Waals surface area contributed by atoms with E-state index in [0.717, 1.165) is 5.56 Å². The molecule has 2 saturated heterocycles. The van der Waals surface area contributed by atoms with Gasteiger partial charge in [0.1, 0.15) is 17.4 Å². The largest absolute Gasteiger partial charge is 0.497 e. The molecule has 1 N–H and O–H groups in total. The molecule has 3 rings (SSSR count). The van der Waals surface area contributed by atoms with Gasteiger partial charge >= 0.3 is 12.1 Å². The molecule has 0 aliphatic carbocycles. The SMILES string of the molecule is COC(=O)[C@@H]1CC2(CN1C(=O)OC(C)(C)C)C(=O)N(Cc1ccc(OC)cc1)CC2O. The Balaban J connectivity index is 1.83. The summed E-state index contributed by atoms with van der Waals surface area (Å²) in [5, 5.41) is 10.9. The van der Waals surface area contributed by atoms with E-state index in [1.807, 2.05) is 12.1 Å². The number of hydrogen-bond donors (Lipinski definition) is 1. The van der Waals surface area contributed by atoms with Crippen LogP contribution < -0.4 is 4.74 Å². The second-order valence-electron chi connectivity index (χ2n) is 9.06. The predicted octanol–water partition coefficient (Wildman–Crippen LogP) is 1.57. The number of esters is 1. The van der Waals surface area contributed by atoms with E-state index in [1.165, 1.54) is 12.0 Å². The topological polar surface area (TPSA) is 106 Å². The molecule has 1 aromatic carbocycles. The smallest absolute Gasteiger partial charge is 0.411 e. The van der Waals surface area contributed by atoms with E-state index in [2.05, 4.69) is 0 Å². The molecule has 9 nitrogen and oxygen atoms in total. The molecule has 170 valence electrons. The van der Waals surface area contributed by atoms with Crippen molar-refractivity contribution in [3.8, 4) is 5.75 Å². The number of likely N-dealkylation sites (tertiary alicyclic amines) is 2. The summed E-state index contributed by atoms with van der Waals surface area (Å²) in [6.45, 7) is 5.46. The highest BCUT2D eigenvalue weighted by atomic mass is 16.6. The van der Waals surface area contributed by atoms with Gasteiger partial charge in [0.05, 0.1) is 25.7 Å². The molecule has 2 aliphatic rings. The van der Waals surface area contributed by atoms with Crippen LogP contribution in [0.3, 0.4) is 0 Å². The number of ether oxygens (including phenoxy) is 3. The van der Waals surface area contributed by atoms with Crippen LogP contribution >= 0.6 is 0 Å². The number of nitrogens with zero attached hydrogens (tertiary/aromatic N) is 2. The van der Waals surface area contributed by atoms with E-state index < -0.39 is 35.2 Å². The number of rotatable bonds is 4. The van der Waals surface area contributed by atoms with Gasteiger partial charge in [0.25, 0.3) is 0 Å². The van der Waals surface area contributed by atoms with E-state index >= 15 is 0 Å². The Kier molecular flexibility index (Phi) is 6.18. The minimum atomic E-state index is -1.28. The van der Waals surface area contributed by atoms with Crippen molar-refractivity contribution < 1.29 is 33.7 Å². The van der Waals surface area contributed by atoms with Gasteiger partial charge in [0.15, 0.2) is 0 Å². The molecular formula is C22H30N2O7. The molecule has 0 aromatic heterocycles. The van der Waals surface area contributed by atoms with Crippen LogP contribution in [0.15, 0.2) is 24.3 Å². The summed E-state index contributed by atoms with van der Waals surface area (Å²) in [6.07, 6.45) is -1.76. The summed E-state index contributed by atoms with van der Waals surface area (Å²) in [5.41, 5.74) is -1.17. The maximum absolute atomic E-state index is 13.4. The number of hydrogen-bond acceptors (Lipinski definition) is 7. The number of amides is 2. The van der Waals surface area contributed by atoms with Crippen molar-refractivity contribution in [2.75, 3.05) is 27.3 Å². The minimum absolute atomic E-state index is 0.0158. The fourth-order valence-corrected chi connectivity index (χ4v) is 4.20. The summed E-state index contributed by atoms with van der Waals surface area (Å²) in [6, 6.07) is 6.30. The Bertz CT molecular complexity index is 848. The van der Waals surface area contributed by atoms with Crippen molar-refractivity contribution in [2.24, 2.45) is 5.41 Å². The van der Waals surface area contributed by atoms with Gasteiger partial charge in [-0.05, 0) is 44.9 Å². The highest BCUT2D eigenvalue weighted by Gasteiger charge is 2.62. The lowest BCUT2D eigenvalue weighted by Gasteiger charge is -2.28. The van der Waals surface area contributed by atoms with Gasteiger partial charge in [0, 0.05) is 19.6 Å². The molecule has 2 unspecified atom stereocenters. The third-order valence-electron chi connectivity index (χ3n) is 5.76. The number of methoxy groups -OCH3 is 2. The van der Waals surface area contributed by atoms with E-state index in [0.29, 0.717) is 12.3 Å². The van der Waals surface area contributed by atoms with Crippen LogP contribution in [-0.4, -0.2) is 77.9 Å². The quantitative estimate of drug-likeness (QED) is 0.717. The molecule has 2 heterocycles. The Morgan fingerprint density at radius 3 is 2.39 bits per heavy atom. The first-order chi connectivity index (χ1) is 14.5. The second-order valence-corrected chi connectivity index (χ2v) is 9.06. The summed E-state index contributed by atoms with van der Waals surface area (Å²) >= 11 is 0. The zero-order valence-electron chi connectivity index (χ0n) is 18.6. The summed E-state index contributed by atoms with van der Waals surface area (Å²) in [4.78, 5) is 41.3. The first-order valence-corrected chi connectivity index (χ1v) is 10.2. The van der Waals surface area contributed by atoms with E-state index in [9.17, 15) is 19.5 Å². The molecule has 0 bridgehead atoms. The number of carbonyl (C=O) groups is 3. The molecule has 9 heteroatoms. The Morgan fingerprint density at radius 2 is 1.84 bits per heavy atom. The van der Waals surface area contributed by atoms with Crippen LogP contribution in [0, 0.1) is 5.41 Å². The highest BCUT2D eigenvalue weighted by molar-refractivity contribution is 5.91. The molecule has 3 atom stereocenters. The zero-order chi connectivity index (χ0) is 23.0. The minimum Gasteiger partial charge on any atom is -0.497 e. The maximum atomic E-state index is 13.4. The van der Waals surface area contributed by atoms with Crippen LogP contribution in [0.5, 0.6) is 5.75 Å². The molecule has 2 aliphatic heterocycles. The highest BCUT2D eigenvalue weighted by Crippen LogP contribution is 2.45. The molecule has 1 aromatic rings. The Labute approximate surface area is 181 Å². The number of β-amino-alcohol motifs (C(OH)–C–C–N with tert-alkyl or cyclic N) is 1. The van der Waals surface area contributed by atoms with Gasteiger partial charge < -0.3 is 24.2 Å². The molecule has 0 radical (unpaired) electrons. The van der Waals surface area contributed by atoms with Gasteiger partial charge in [0.2, 0.25) is 5.91 Å². The van der Waals surface area contributed by atoms with Gasteiger partial charge in [-0.15, -0.1) is 0 Å². The standard InChI is InChI=1S/C22H30N2O7/c1-21(2,3)31-20(28)24-13-22(10-16(24)18(26)30-5)17(25)12-23(19(22)27)11-14-6-8-15(29-4)9-7-14/h6-9,16-17,25H,10-13H2,1-5H3/t16-,17?,22?/m0/s1. The summed E-state index contributed by atoms with van der Waals surface area (Å²) < 4.78 is 15.4. The average Bonchev–Trinajstić information content (AvgIpc) is 3.22. The fourth-order valence-electron chi connectivity index (χ4n) is 4.20. The van der Waals surface area contributed by atoms with Crippen LogP contribution in [-0.2, 0) is 25.6 Å². The number of aliphatic hydroxyl groups is 1. The van der Waals surface area contributed by atoms with Crippen LogP contribution in [0.25, 0.3) is 0 Å². The molecule has 31 heavy (non-hydrogen) atoms. The molecular weight excluding hydrogens is 404 g/mol. The second kappa shape index (κ2) is 8.37. The van der Waals surface area contributed by atoms with Gasteiger partial charge in [-0.3, -0.25) is 9.69 Å². The lowest BCUT2D eigenvalue weighted by atomic mass is 9.81. The van der Waals surface area contributed by atoms with Gasteiger partial charge in [-0.1, -0.05) is 12.1 Å². The molecule has 2 amide bonds. The van der Waals surface area contributed by atoms with E-state index in [1.54, 1.807) is 44.9 Å². The summed E-state index contributed by atoms with van der Waals surface area (Å²) in [5.74, 6) is -0.232. The first-order valence-electron chi connectivity index (χ1n) is 10.2. The van der Waals surface area contributed by atoms with Gasteiger partial charge in [-0.2, -0.15) is 0 Å². The number of benzene rings is 1. The Hall–Kier alpha value is -2.81. The van der Waals surface area contributed by atoms with Crippen molar-refractivity contribution in [2.45, 2.75) is 51.5 Å². The van der Waals surface area contributed by atoms with E-state index in [-0.39, 0.29) is 25.4 Å². The van der Waals surface area contributed by atoms with Crippen molar-refractivity contribution >= 4 is 18.0 Å². The van der Waals surface area contributed by atoms with Crippen LogP contribution in [0.1, 0.15) is 32.8 Å². The molecule has 1 spiro atoms. The summed E-state index contributed by atoms with van der Waals surface area (Å²) in [7, 11) is 2.80. The lowest BCUT2D eigenvalue weighted by molar-refractivity contribution is -0.145. The average molecular weight is 434 g/mol.